The molecule has 7 heteroatoms. The molecule has 1 amide bonds. The average molecular weight is 368 g/mol. The number of hydrogen-bond acceptors (Lipinski definition) is 5. The quantitative estimate of drug-likeness (QED) is 0.802. The third-order valence-electron chi connectivity index (χ3n) is 4.02. The SMILES string of the molecule is CN(C(=O)OC(C)(C)C)C(CO[SiH](C)C(C)(C)C)c1cc(N)ccn1. The van der Waals surface area contributed by atoms with Crippen LogP contribution in [0, 0.1) is 0 Å². The second-order valence-corrected chi connectivity index (χ2v) is 11.8. The lowest BCUT2D eigenvalue weighted by Gasteiger charge is -2.33. The normalized spacial score (nSPS) is 14.7. The Morgan fingerprint density at radius 2 is 1.92 bits per heavy atom. The number of amides is 1. The maximum absolute atomic E-state index is 12.5. The highest BCUT2D eigenvalue weighted by Crippen LogP contribution is 2.29. The van der Waals surface area contributed by atoms with Crippen molar-refractivity contribution in [2.24, 2.45) is 0 Å². The minimum Gasteiger partial charge on any atom is -0.444 e. The maximum atomic E-state index is 12.5. The van der Waals surface area contributed by atoms with Crippen LogP contribution in [0.4, 0.5) is 10.5 Å². The molecule has 2 atom stereocenters. The van der Waals surface area contributed by atoms with Gasteiger partial charge in [0.2, 0.25) is 0 Å². The smallest absolute Gasteiger partial charge is 0.410 e. The molecule has 1 rings (SSSR count). The van der Waals surface area contributed by atoms with Crippen molar-refractivity contribution in [3.8, 4) is 0 Å². The standard InChI is InChI=1S/C18H33N3O3Si/c1-17(2,3)24-16(22)21(7)15(12-23-25(8)18(4,5)6)14-11-13(19)9-10-20-14/h9-11,15,25H,12H2,1-8H3,(H2,19,20). The van der Waals surface area contributed by atoms with E-state index in [1.807, 2.05) is 20.8 Å². The number of likely N-dealkylation sites (N-methyl/N-ethyl adjacent to an activating group) is 1. The van der Waals surface area contributed by atoms with Crippen molar-refractivity contribution in [3.63, 3.8) is 0 Å². The lowest BCUT2D eigenvalue weighted by molar-refractivity contribution is 0.0165. The number of anilines is 1. The number of nitrogens with zero attached hydrogens (tertiary/aromatic N) is 2. The number of aromatic nitrogens is 1. The van der Waals surface area contributed by atoms with E-state index in [1.165, 1.54) is 4.90 Å². The van der Waals surface area contributed by atoms with Crippen molar-refractivity contribution in [1.82, 2.24) is 9.88 Å². The van der Waals surface area contributed by atoms with Gasteiger partial charge in [-0.05, 0) is 44.5 Å². The number of rotatable bonds is 5. The summed E-state index contributed by atoms with van der Waals surface area (Å²) in [6.45, 7) is 14.6. The van der Waals surface area contributed by atoms with Gasteiger partial charge in [-0.3, -0.25) is 4.98 Å². The molecule has 0 aliphatic heterocycles. The van der Waals surface area contributed by atoms with Crippen molar-refractivity contribution in [1.29, 1.82) is 0 Å². The van der Waals surface area contributed by atoms with Crippen LogP contribution >= 0.6 is 0 Å². The van der Waals surface area contributed by atoms with E-state index >= 15 is 0 Å². The summed E-state index contributed by atoms with van der Waals surface area (Å²) in [6.07, 6.45) is 1.24. The number of carbonyl (C=O) groups is 1. The molecule has 0 aliphatic carbocycles. The number of carbonyl (C=O) groups excluding carboxylic acids is 1. The number of pyridine rings is 1. The van der Waals surface area contributed by atoms with Crippen LogP contribution in [0.5, 0.6) is 0 Å². The van der Waals surface area contributed by atoms with E-state index in [0.717, 1.165) is 0 Å². The number of nitrogens with two attached hydrogens (primary N) is 1. The predicted octanol–water partition coefficient (Wildman–Crippen LogP) is 3.74. The van der Waals surface area contributed by atoms with Gasteiger partial charge in [-0.1, -0.05) is 20.8 Å². The van der Waals surface area contributed by atoms with Crippen LogP contribution in [0.3, 0.4) is 0 Å². The van der Waals surface area contributed by atoms with E-state index in [2.05, 4.69) is 32.3 Å². The van der Waals surface area contributed by atoms with Crippen LogP contribution in [0.2, 0.25) is 11.6 Å². The molecule has 0 saturated carbocycles. The van der Waals surface area contributed by atoms with E-state index < -0.39 is 20.7 Å². The molecule has 0 aromatic carbocycles. The second kappa shape index (κ2) is 8.18. The summed E-state index contributed by atoms with van der Waals surface area (Å²) in [7, 11) is 0.269. The van der Waals surface area contributed by atoms with Gasteiger partial charge in [-0.2, -0.15) is 0 Å². The first-order valence-corrected chi connectivity index (χ1v) is 10.8. The minimum atomic E-state index is -1.44. The Hall–Kier alpha value is -1.60. The van der Waals surface area contributed by atoms with Gasteiger partial charge >= 0.3 is 6.09 Å². The van der Waals surface area contributed by atoms with Gasteiger partial charge in [0, 0.05) is 18.9 Å². The summed E-state index contributed by atoms with van der Waals surface area (Å²) in [5, 5.41) is 0.137. The Kier molecular flexibility index (Phi) is 7.02. The highest BCUT2D eigenvalue weighted by molar-refractivity contribution is 6.53. The van der Waals surface area contributed by atoms with E-state index in [9.17, 15) is 4.79 Å². The summed E-state index contributed by atoms with van der Waals surface area (Å²) in [4.78, 5) is 18.4. The van der Waals surface area contributed by atoms with E-state index in [4.69, 9.17) is 14.9 Å². The largest absolute Gasteiger partial charge is 0.444 e. The molecule has 0 spiro atoms. The van der Waals surface area contributed by atoms with Crippen LogP contribution < -0.4 is 5.73 Å². The fourth-order valence-corrected chi connectivity index (χ4v) is 2.96. The zero-order valence-corrected chi connectivity index (χ0v) is 17.9. The number of nitrogen functional groups attached to an aromatic ring is 1. The molecule has 1 heterocycles. The Bertz CT molecular complexity index is 582. The first-order valence-electron chi connectivity index (χ1n) is 8.60. The molecule has 0 radical (unpaired) electrons. The van der Waals surface area contributed by atoms with Crippen LogP contribution in [-0.2, 0) is 9.16 Å². The molecule has 6 nitrogen and oxygen atoms in total. The van der Waals surface area contributed by atoms with E-state index in [1.54, 1.807) is 25.4 Å². The van der Waals surface area contributed by atoms with Gasteiger partial charge in [0.15, 0.2) is 9.04 Å². The average Bonchev–Trinajstić information content (AvgIpc) is 2.44. The monoisotopic (exact) mass is 367 g/mol. The van der Waals surface area contributed by atoms with Crippen molar-refractivity contribution in [2.75, 3.05) is 19.4 Å². The van der Waals surface area contributed by atoms with Crippen molar-refractivity contribution >= 4 is 20.8 Å². The fraction of sp³-hybridized carbons (Fsp3) is 0.667. The maximum Gasteiger partial charge on any atom is 0.410 e. The zero-order chi connectivity index (χ0) is 19.4. The van der Waals surface area contributed by atoms with Gasteiger partial charge in [0.25, 0.3) is 0 Å². The molecule has 1 aromatic rings. The summed E-state index contributed by atoms with van der Waals surface area (Å²) >= 11 is 0. The summed E-state index contributed by atoms with van der Waals surface area (Å²) in [5.74, 6) is 0. The first kappa shape index (κ1) is 21.4. The molecule has 0 bridgehead atoms. The topological polar surface area (TPSA) is 77.7 Å². The fourth-order valence-electron chi connectivity index (χ4n) is 1.99. The van der Waals surface area contributed by atoms with E-state index in [0.29, 0.717) is 18.0 Å². The minimum absolute atomic E-state index is 0.137. The Labute approximate surface area is 153 Å². The van der Waals surface area contributed by atoms with Crippen molar-refractivity contribution in [2.45, 2.75) is 64.8 Å². The number of hydrogen-bond donors (Lipinski definition) is 1. The van der Waals surface area contributed by atoms with Crippen molar-refractivity contribution in [3.05, 3.63) is 24.0 Å². The number of ether oxygens (including phenoxy) is 1. The second-order valence-electron chi connectivity index (χ2n) is 8.46. The summed E-state index contributed by atoms with van der Waals surface area (Å²) < 4.78 is 11.7. The molecule has 1 aromatic heterocycles. The highest BCUT2D eigenvalue weighted by Gasteiger charge is 2.30. The molecule has 25 heavy (non-hydrogen) atoms. The molecule has 142 valence electrons. The van der Waals surface area contributed by atoms with Crippen LogP contribution in [0.15, 0.2) is 18.3 Å². The van der Waals surface area contributed by atoms with Gasteiger partial charge in [-0.25, -0.2) is 4.79 Å². The Morgan fingerprint density at radius 1 is 1.32 bits per heavy atom. The molecule has 2 N–H and O–H groups in total. The van der Waals surface area contributed by atoms with Gasteiger partial charge in [0.05, 0.1) is 18.3 Å². The van der Waals surface area contributed by atoms with E-state index in [-0.39, 0.29) is 11.1 Å². The van der Waals surface area contributed by atoms with Crippen LogP contribution in [-0.4, -0.2) is 44.3 Å². The molecule has 0 aliphatic rings. The highest BCUT2D eigenvalue weighted by atomic mass is 28.3. The van der Waals surface area contributed by atoms with Crippen LogP contribution in [0.1, 0.15) is 53.3 Å². The van der Waals surface area contributed by atoms with Crippen molar-refractivity contribution < 1.29 is 14.0 Å². The van der Waals surface area contributed by atoms with Crippen LogP contribution in [0.25, 0.3) is 0 Å². The lowest BCUT2D eigenvalue weighted by Crippen LogP contribution is -2.40. The molecular formula is C18H33N3O3Si. The van der Waals surface area contributed by atoms with Gasteiger partial charge < -0.3 is 19.8 Å². The Balaban J connectivity index is 3.01. The molecule has 2 unspecified atom stereocenters. The lowest BCUT2D eigenvalue weighted by atomic mass is 10.1. The first-order chi connectivity index (χ1) is 11.3. The molecular weight excluding hydrogens is 334 g/mol. The van der Waals surface area contributed by atoms with Gasteiger partial charge in [-0.15, -0.1) is 0 Å². The molecule has 0 fully saturated rings. The van der Waals surface area contributed by atoms with Gasteiger partial charge in [0.1, 0.15) is 5.60 Å². The zero-order valence-electron chi connectivity index (χ0n) is 16.8. The Morgan fingerprint density at radius 3 is 2.40 bits per heavy atom. The third kappa shape index (κ3) is 7.03. The summed E-state index contributed by atoms with van der Waals surface area (Å²) in [6, 6.07) is 3.15. The summed E-state index contributed by atoms with van der Waals surface area (Å²) in [5.41, 5.74) is 6.63. The molecule has 0 saturated heterocycles. The predicted molar refractivity (Wildman–Crippen MR) is 104 cm³/mol. The third-order valence-corrected chi connectivity index (χ3v) is 7.15.